The van der Waals surface area contributed by atoms with E-state index in [-0.39, 0.29) is 12.3 Å². The number of esters is 1. The van der Waals surface area contributed by atoms with E-state index in [0.29, 0.717) is 24.8 Å². The summed E-state index contributed by atoms with van der Waals surface area (Å²) in [6.07, 6.45) is 1.83. The molecule has 7 heteroatoms. The summed E-state index contributed by atoms with van der Waals surface area (Å²) in [4.78, 5) is 33.8. The average molecular weight is 359 g/mol. The first-order chi connectivity index (χ1) is 11.6. The summed E-state index contributed by atoms with van der Waals surface area (Å²) in [5.74, 6) is -0.637. The van der Waals surface area contributed by atoms with Crippen molar-refractivity contribution in [3.63, 3.8) is 0 Å². The third kappa shape index (κ3) is 13.2. The summed E-state index contributed by atoms with van der Waals surface area (Å²) in [6.45, 7) is 9.56. The van der Waals surface area contributed by atoms with Crippen molar-refractivity contribution in [2.24, 2.45) is 17.8 Å². The van der Waals surface area contributed by atoms with Gasteiger partial charge in [0.15, 0.2) is 0 Å². The number of carboxylic acid groups (broad SMARTS) is 1. The van der Waals surface area contributed by atoms with Crippen LogP contribution < -0.4 is 5.32 Å². The molecule has 2 N–H and O–H groups in total. The van der Waals surface area contributed by atoms with Gasteiger partial charge < -0.3 is 19.9 Å². The second-order valence-corrected chi connectivity index (χ2v) is 7.06. The highest BCUT2D eigenvalue weighted by Gasteiger charge is 2.17. The van der Waals surface area contributed by atoms with Crippen molar-refractivity contribution >= 4 is 18.0 Å². The summed E-state index contributed by atoms with van der Waals surface area (Å²) < 4.78 is 9.90. The smallest absolute Gasteiger partial charge is 0.410 e. The molecule has 0 saturated heterocycles. The van der Waals surface area contributed by atoms with Crippen LogP contribution in [0.4, 0.5) is 4.79 Å². The number of ether oxygens (including phenoxy) is 2. The molecule has 7 nitrogen and oxygen atoms in total. The lowest BCUT2D eigenvalue weighted by Crippen LogP contribution is -2.31. The van der Waals surface area contributed by atoms with Crippen molar-refractivity contribution in [3.05, 3.63) is 0 Å². The van der Waals surface area contributed by atoms with Gasteiger partial charge in [-0.3, -0.25) is 9.59 Å². The van der Waals surface area contributed by atoms with E-state index < -0.39 is 24.3 Å². The highest BCUT2D eigenvalue weighted by molar-refractivity contribution is 5.72. The minimum atomic E-state index is -0.931. The summed E-state index contributed by atoms with van der Waals surface area (Å²) in [6, 6.07) is 0. The number of rotatable bonds is 12. The Kier molecular flexibility index (Phi) is 11.7. The maximum Gasteiger partial charge on any atom is 0.410 e. The second kappa shape index (κ2) is 12.6. The molecule has 1 amide bonds. The van der Waals surface area contributed by atoms with Crippen LogP contribution in [0.15, 0.2) is 0 Å². The second-order valence-electron chi connectivity index (χ2n) is 7.06. The zero-order chi connectivity index (χ0) is 19.4. The first kappa shape index (κ1) is 23.2. The SMILES string of the molecule is CC(C)C[C@@H](CCCNC(=O)O[C@@H](C)OC(=O)C(C)C)CCC(=O)O. The monoisotopic (exact) mass is 359 g/mol. The maximum absolute atomic E-state index is 11.6. The van der Waals surface area contributed by atoms with Gasteiger partial charge in [0.25, 0.3) is 0 Å². The van der Waals surface area contributed by atoms with Crippen LogP contribution in [0.2, 0.25) is 0 Å². The van der Waals surface area contributed by atoms with Gasteiger partial charge in [0.05, 0.1) is 5.92 Å². The number of carbonyl (C=O) groups is 3. The molecule has 0 aromatic heterocycles. The number of amides is 1. The lowest BCUT2D eigenvalue weighted by molar-refractivity contribution is -0.168. The van der Waals surface area contributed by atoms with E-state index in [0.717, 1.165) is 19.3 Å². The Morgan fingerprint density at radius 1 is 1.00 bits per heavy atom. The summed E-state index contributed by atoms with van der Waals surface area (Å²) >= 11 is 0. The maximum atomic E-state index is 11.6. The number of aliphatic carboxylic acids is 1. The van der Waals surface area contributed by atoms with Gasteiger partial charge in [0.1, 0.15) is 0 Å². The Morgan fingerprint density at radius 3 is 2.16 bits per heavy atom. The van der Waals surface area contributed by atoms with Crippen LogP contribution in [0.5, 0.6) is 0 Å². The lowest BCUT2D eigenvalue weighted by Gasteiger charge is -2.19. The van der Waals surface area contributed by atoms with E-state index in [1.165, 1.54) is 6.92 Å². The summed E-state index contributed by atoms with van der Waals surface area (Å²) in [7, 11) is 0. The molecule has 0 aliphatic heterocycles. The molecule has 0 rings (SSSR count). The third-order valence-corrected chi connectivity index (χ3v) is 3.66. The van der Waals surface area contributed by atoms with Gasteiger partial charge in [-0.25, -0.2) is 4.79 Å². The molecule has 0 heterocycles. The van der Waals surface area contributed by atoms with E-state index in [1.54, 1.807) is 13.8 Å². The lowest BCUT2D eigenvalue weighted by atomic mass is 9.89. The van der Waals surface area contributed by atoms with Crippen molar-refractivity contribution < 1.29 is 29.0 Å². The van der Waals surface area contributed by atoms with Gasteiger partial charge in [-0.15, -0.1) is 0 Å². The predicted octanol–water partition coefficient (Wildman–Crippen LogP) is 3.57. The zero-order valence-electron chi connectivity index (χ0n) is 16.0. The number of alkyl carbamates (subject to hydrolysis) is 1. The van der Waals surface area contributed by atoms with E-state index in [1.807, 2.05) is 0 Å². The van der Waals surface area contributed by atoms with Gasteiger partial charge >= 0.3 is 18.0 Å². The van der Waals surface area contributed by atoms with Crippen LogP contribution in [-0.2, 0) is 19.1 Å². The molecule has 146 valence electrons. The van der Waals surface area contributed by atoms with E-state index in [2.05, 4.69) is 19.2 Å². The fourth-order valence-corrected chi connectivity index (χ4v) is 2.47. The van der Waals surface area contributed by atoms with Crippen LogP contribution in [-0.4, -0.2) is 36.0 Å². The topological polar surface area (TPSA) is 102 Å². The molecule has 25 heavy (non-hydrogen) atoms. The molecule has 0 saturated carbocycles. The molecule has 0 fully saturated rings. The van der Waals surface area contributed by atoms with Gasteiger partial charge in [0.2, 0.25) is 6.29 Å². The highest BCUT2D eigenvalue weighted by Crippen LogP contribution is 2.22. The van der Waals surface area contributed by atoms with Crippen LogP contribution in [0.1, 0.15) is 66.7 Å². The van der Waals surface area contributed by atoms with Gasteiger partial charge in [-0.05, 0) is 37.5 Å². The van der Waals surface area contributed by atoms with Gasteiger partial charge in [0, 0.05) is 19.9 Å². The molecule has 0 unspecified atom stereocenters. The quantitative estimate of drug-likeness (QED) is 0.314. The molecule has 0 aliphatic carbocycles. The van der Waals surface area contributed by atoms with Crippen LogP contribution >= 0.6 is 0 Å². The Morgan fingerprint density at radius 2 is 1.64 bits per heavy atom. The zero-order valence-corrected chi connectivity index (χ0v) is 16.0. The van der Waals surface area contributed by atoms with Gasteiger partial charge in [-0.1, -0.05) is 27.7 Å². The summed E-state index contributed by atoms with van der Waals surface area (Å²) in [5.41, 5.74) is 0. The normalized spacial score (nSPS) is 13.4. The van der Waals surface area contributed by atoms with Gasteiger partial charge in [-0.2, -0.15) is 0 Å². The van der Waals surface area contributed by atoms with E-state index >= 15 is 0 Å². The standard InChI is InChI=1S/C18H33NO6/c1-12(2)11-15(8-9-16(20)21)7-6-10-19-18(23)25-14(5)24-17(22)13(3)4/h12-15H,6-11H2,1-5H3,(H,19,23)(H,20,21)/t14-,15-/m0/s1. The van der Waals surface area contributed by atoms with Crippen molar-refractivity contribution in [2.75, 3.05) is 6.54 Å². The fraction of sp³-hybridized carbons (Fsp3) is 0.833. The minimum Gasteiger partial charge on any atom is -0.481 e. The number of hydrogen-bond acceptors (Lipinski definition) is 5. The van der Waals surface area contributed by atoms with Crippen LogP contribution in [0.3, 0.4) is 0 Å². The fourth-order valence-electron chi connectivity index (χ4n) is 2.47. The van der Waals surface area contributed by atoms with Crippen LogP contribution in [0.25, 0.3) is 0 Å². The Hall–Kier alpha value is -1.79. The Bertz CT molecular complexity index is 422. The molecular weight excluding hydrogens is 326 g/mol. The Balaban J connectivity index is 4.03. The Labute approximate surface area is 150 Å². The molecule has 0 aliphatic rings. The molecule has 0 bridgehead atoms. The molecule has 2 atom stereocenters. The average Bonchev–Trinajstić information content (AvgIpc) is 2.47. The van der Waals surface area contributed by atoms with E-state index in [9.17, 15) is 14.4 Å². The van der Waals surface area contributed by atoms with Crippen molar-refractivity contribution in [1.29, 1.82) is 0 Å². The predicted molar refractivity (Wildman–Crippen MR) is 93.9 cm³/mol. The highest BCUT2D eigenvalue weighted by atomic mass is 16.7. The van der Waals surface area contributed by atoms with E-state index in [4.69, 9.17) is 14.6 Å². The molecule has 0 radical (unpaired) electrons. The minimum absolute atomic E-state index is 0.172. The number of carboxylic acids is 1. The first-order valence-electron chi connectivity index (χ1n) is 8.98. The number of carbonyl (C=O) groups excluding carboxylic acids is 2. The largest absolute Gasteiger partial charge is 0.481 e. The first-order valence-corrected chi connectivity index (χ1v) is 8.98. The van der Waals surface area contributed by atoms with Crippen molar-refractivity contribution in [2.45, 2.75) is 73.0 Å². The van der Waals surface area contributed by atoms with Crippen molar-refractivity contribution in [3.8, 4) is 0 Å². The van der Waals surface area contributed by atoms with Crippen molar-refractivity contribution in [1.82, 2.24) is 5.32 Å². The third-order valence-electron chi connectivity index (χ3n) is 3.66. The van der Waals surface area contributed by atoms with Crippen LogP contribution in [0, 0.1) is 17.8 Å². The summed E-state index contributed by atoms with van der Waals surface area (Å²) in [5, 5.41) is 11.4. The molecule has 0 spiro atoms. The molecule has 0 aromatic rings. The molecule has 0 aromatic carbocycles. The number of hydrogen-bond donors (Lipinski definition) is 2. The molecular formula is C18H33NO6. The number of nitrogens with one attached hydrogen (secondary N) is 1.